The van der Waals surface area contributed by atoms with Crippen LogP contribution >= 0.6 is 11.8 Å². The summed E-state index contributed by atoms with van der Waals surface area (Å²) >= 11 is 0.805. The highest BCUT2D eigenvalue weighted by atomic mass is 32.2. The summed E-state index contributed by atoms with van der Waals surface area (Å²) in [6.07, 6.45) is 4.42. The Morgan fingerprint density at radius 2 is 1.59 bits per heavy atom. The van der Waals surface area contributed by atoms with Crippen molar-refractivity contribution in [2.24, 2.45) is 0 Å². The molecule has 0 saturated heterocycles. The van der Waals surface area contributed by atoms with Crippen molar-refractivity contribution < 1.29 is 4.39 Å². The molecule has 0 fully saturated rings. The summed E-state index contributed by atoms with van der Waals surface area (Å²) in [5.41, 5.74) is 8.55. The number of rotatable bonds is 2. The Bertz CT molecular complexity index is 1400. The van der Waals surface area contributed by atoms with E-state index in [-0.39, 0.29) is 0 Å². The predicted octanol–water partition coefficient (Wildman–Crippen LogP) is 6.86. The van der Waals surface area contributed by atoms with Gasteiger partial charge in [-0.05, 0) is 96.7 Å². The van der Waals surface area contributed by atoms with E-state index in [2.05, 4.69) is 54.9 Å². The lowest BCUT2D eigenvalue weighted by Gasteiger charge is -2.00. The first-order chi connectivity index (χ1) is 15.6. The molecule has 0 N–H and O–H groups in total. The minimum atomic E-state index is -0.432. The highest BCUT2D eigenvalue weighted by molar-refractivity contribution is 8.03. The number of hydrogen-bond donors (Lipinski definition) is 0. The second kappa shape index (κ2) is 9.62. The topological polar surface area (TPSA) is 23.8 Å². The molecule has 154 valence electrons. The Labute approximate surface area is 193 Å². The van der Waals surface area contributed by atoms with E-state index in [9.17, 15) is 4.39 Å². The number of nitriles is 1. The number of thiocyanates is 1. The minimum absolute atomic E-state index is 0.308. The lowest BCUT2D eigenvalue weighted by Crippen LogP contribution is -1.87. The van der Waals surface area contributed by atoms with Gasteiger partial charge < -0.3 is 0 Å². The lowest BCUT2D eigenvalue weighted by molar-refractivity contribution is 0.602. The molecule has 0 unspecified atom stereocenters. The van der Waals surface area contributed by atoms with E-state index in [1.54, 1.807) is 12.1 Å². The molecule has 32 heavy (non-hydrogen) atoms. The zero-order valence-corrected chi connectivity index (χ0v) is 18.7. The first-order valence-corrected chi connectivity index (χ1v) is 11.2. The average Bonchev–Trinajstić information content (AvgIpc) is 3.21. The smallest absolute Gasteiger partial charge is 0.139 e. The molecular weight excluding hydrogens is 413 g/mol. The van der Waals surface area contributed by atoms with Gasteiger partial charge in [-0.25, -0.2) is 4.39 Å². The molecule has 0 aliphatic heterocycles. The molecule has 3 heteroatoms. The van der Waals surface area contributed by atoms with Gasteiger partial charge in [0.15, 0.2) is 0 Å². The average molecular weight is 434 g/mol. The predicted molar refractivity (Wildman–Crippen MR) is 129 cm³/mol. The number of fused-ring (bicyclic) bond motifs is 1. The van der Waals surface area contributed by atoms with Crippen LogP contribution in [0.4, 0.5) is 4.39 Å². The van der Waals surface area contributed by atoms with Crippen LogP contribution < -0.4 is 0 Å². The second-order valence-corrected chi connectivity index (χ2v) is 8.44. The molecule has 1 aliphatic rings. The van der Waals surface area contributed by atoms with Crippen LogP contribution in [-0.4, -0.2) is 0 Å². The van der Waals surface area contributed by atoms with Crippen LogP contribution in [0, 0.1) is 47.1 Å². The van der Waals surface area contributed by atoms with Crippen LogP contribution in [0.5, 0.6) is 0 Å². The minimum Gasteiger partial charge on any atom is -0.206 e. The Hall–Kier alpha value is -3.71. The van der Waals surface area contributed by atoms with E-state index in [4.69, 9.17) is 5.26 Å². The van der Waals surface area contributed by atoms with Crippen molar-refractivity contribution in [1.29, 1.82) is 5.26 Å². The molecule has 3 aromatic carbocycles. The Morgan fingerprint density at radius 1 is 0.906 bits per heavy atom. The molecule has 0 amide bonds. The van der Waals surface area contributed by atoms with Gasteiger partial charge in [0.2, 0.25) is 0 Å². The number of halogens is 1. The first kappa shape index (κ1) is 21.5. The highest BCUT2D eigenvalue weighted by Crippen LogP contribution is 2.27. The third-order valence-electron chi connectivity index (χ3n) is 5.38. The molecule has 4 rings (SSSR count). The summed E-state index contributed by atoms with van der Waals surface area (Å²) in [5, 5.41) is 10.6. The largest absolute Gasteiger partial charge is 0.206 e. The maximum Gasteiger partial charge on any atom is 0.139 e. The molecule has 0 heterocycles. The zero-order chi connectivity index (χ0) is 22.5. The lowest BCUT2D eigenvalue weighted by atomic mass is 10.0. The van der Waals surface area contributed by atoms with Crippen molar-refractivity contribution in [3.8, 4) is 29.1 Å². The Balaban J connectivity index is 1.51. The third-order valence-corrected chi connectivity index (χ3v) is 6.03. The van der Waals surface area contributed by atoms with Crippen LogP contribution in [0.15, 0.2) is 65.1 Å². The van der Waals surface area contributed by atoms with Crippen molar-refractivity contribution >= 4 is 17.8 Å². The van der Waals surface area contributed by atoms with Crippen LogP contribution in [0.3, 0.4) is 0 Å². The van der Waals surface area contributed by atoms with Crippen molar-refractivity contribution in [3.05, 3.63) is 105 Å². The summed E-state index contributed by atoms with van der Waals surface area (Å²) in [4.78, 5) is 0.308. The molecule has 0 saturated carbocycles. The quantitative estimate of drug-likeness (QED) is 0.250. The fourth-order valence-corrected chi connectivity index (χ4v) is 3.98. The molecule has 1 aliphatic carbocycles. The summed E-state index contributed by atoms with van der Waals surface area (Å²) in [7, 11) is 0. The van der Waals surface area contributed by atoms with Gasteiger partial charge in [0.25, 0.3) is 0 Å². The molecule has 0 bridgehead atoms. The second-order valence-electron chi connectivity index (χ2n) is 7.61. The molecule has 0 spiro atoms. The van der Waals surface area contributed by atoms with Crippen LogP contribution in [0.2, 0.25) is 0 Å². The molecule has 3 aromatic rings. The highest BCUT2D eigenvalue weighted by Gasteiger charge is 2.11. The number of aryl methyl sites for hydroxylation is 1. The number of allylic oxidation sites excluding steroid dienone is 1. The fourth-order valence-electron chi connectivity index (χ4n) is 3.59. The summed E-state index contributed by atoms with van der Waals surface area (Å²) in [6, 6.07) is 17.0. The van der Waals surface area contributed by atoms with E-state index < -0.39 is 5.82 Å². The number of hydrogen-bond acceptors (Lipinski definition) is 2. The van der Waals surface area contributed by atoms with Gasteiger partial charge >= 0.3 is 0 Å². The van der Waals surface area contributed by atoms with E-state index in [1.807, 2.05) is 30.5 Å². The van der Waals surface area contributed by atoms with Crippen molar-refractivity contribution in [1.82, 2.24) is 0 Å². The van der Waals surface area contributed by atoms with Gasteiger partial charge in [0, 0.05) is 22.3 Å². The third kappa shape index (κ3) is 4.95. The standard InChI is InChI=1S/C29H20FNS/c1-3-21-15-26-12-8-23(17-27(26)16-21)5-4-22-6-10-25(20(2)14-22)11-7-24-9-13-29(32-19-31)28(30)18-24/h6,8-10,12-14,16-18H,3,15H2,1-2H3. The van der Waals surface area contributed by atoms with Gasteiger partial charge in [-0.1, -0.05) is 48.3 Å². The molecule has 0 atom stereocenters. The van der Waals surface area contributed by atoms with E-state index in [0.29, 0.717) is 10.5 Å². The SMILES string of the molecule is CCC1=Cc2cc(C#Cc3ccc(C#Cc4ccc(SC#N)c(F)c4)c(C)c3)ccc2C1. The first-order valence-electron chi connectivity index (χ1n) is 10.4. The van der Waals surface area contributed by atoms with Crippen molar-refractivity contribution in [3.63, 3.8) is 0 Å². The van der Waals surface area contributed by atoms with Crippen LogP contribution in [0.1, 0.15) is 52.3 Å². The van der Waals surface area contributed by atoms with E-state index >= 15 is 0 Å². The fraction of sp³-hybridized carbons (Fsp3) is 0.138. The van der Waals surface area contributed by atoms with Gasteiger partial charge in [0.1, 0.15) is 11.2 Å². The zero-order valence-electron chi connectivity index (χ0n) is 17.9. The van der Waals surface area contributed by atoms with Crippen LogP contribution in [-0.2, 0) is 6.42 Å². The summed E-state index contributed by atoms with van der Waals surface area (Å²) in [5.74, 6) is 12.2. The molecule has 0 aromatic heterocycles. The van der Waals surface area contributed by atoms with Crippen molar-refractivity contribution in [2.45, 2.75) is 31.6 Å². The van der Waals surface area contributed by atoms with Gasteiger partial charge in [-0.2, -0.15) is 5.26 Å². The number of benzene rings is 3. The maximum atomic E-state index is 14.0. The van der Waals surface area contributed by atoms with E-state index in [1.165, 1.54) is 22.8 Å². The van der Waals surface area contributed by atoms with Gasteiger partial charge in [-0.3, -0.25) is 0 Å². The Kier molecular flexibility index (Phi) is 6.47. The summed E-state index contributed by atoms with van der Waals surface area (Å²) in [6.45, 7) is 4.19. The molecule has 1 nitrogen and oxygen atoms in total. The van der Waals surface area contributed by atoms with Crippen molar-refractivity contribution in [2.75, 3.05) is 0 Å². The normalized spacial score (nSPS) is 11.4. The van der Waals surface area contributed by atoms with E-state index in [0.717, 1.165) is 46.9 Å². The number of nitrogens with zero attached hydrogens (tertiary/aromatic N) is 1. The van der Waals surface area contributed by atoms with Gasteiger partial charge in [0.05, 0.1) is 4.90 Å². The Morgan fingerprint density at radius 3 is 2.31 bits per heavy atom. The summed E-state index contributed by atoms with van der Waals surface area (Å²) < 4.78 is 14.0. The van der Waals surface area contributed by atoms with Crippen LogP contribution in [0.25, 0.3) is 6.08 Å². The molecule has 0 radical (unpaired) electrons. The monoisotopic (exact) mass is 433 g/mol. The van der Waals surface area contributed by atoms with Gasteiger partial charge in [-0.15, -0.1) is 0 Å². The number of thioether (sulfide) groups is 1. The maximum absolute atomic E-state index is 14.0. The molecular formula is C29H20FNS.